The van der Waals surface area contributed by atoms with Gasteiger partial charge in [-0.15, -0.1) is 0 Å². The molecule has 4 nitrogen and oxygen atoms in total. The summed E-state index contributed by atoms with van der Waals surface area (Å²) >= 11 is 0. The fourth-order valence-electron chi connectivity index (χ4n) is 16.5. The second kappa shape index (κ2) is 23.9. The predicted octanol–water partition coefficient (Wildman–Crippen LogP) is 25.1. The van der Waals surface area contributed by atoms with Gasteiger partial charge in [-0.25, -0.2) is 0 Å². The molecule has 2 aromatic heterocycles. The van der Waals surface area contributed by atoms with Crippen LogP contribution in [0.15, 0.2) is 279 Å². The summed E-state index contributed by atoms with van der Waals surface area (Å²) in [6.07, 6.45) is 0. The van der Waals surface area contributed by atoms with Gasteiger partial charge in [0.15, 0.2) is 0 Å². The van der Waals surface area contributed by atoms with Gasteiger partial charge in [0, 0.05) is 67.0 Å². The molecule has 0 radical (unpaired) electrons. The molecule has 0 spiro atoms. The Morgan fingerprint density at radius 2 is 0.495 bits per heavy atom. The Labute approximate surface area is 609 Å². The molecule has 0 N–H and O–H groups in total. The highest BCUT2D eigenvalue weighted by molar-refractivity contribution is 7.00. The lowest BCUT2D eigenvalue weighted by atomic mass is 9.33. The molecule has 0 bridgehead atoms. The van der Waals surface area contributed by atoms with Crippen LogP contribution in [-0.4, -0.2) is 15.8 Å². The van der Waals surface area contributed by atoms with Gasteiger partial charge in [-0.3, -0.25) is 0 Å². The number of aromatic nitrogens is 2. The number of benzene rings is 13. The van der Waals surface area contributed by atoms with E-state index in [9.17, 15) is 0 Å². The molecule has 0 unspecified atom stereocenters. The third-order valence-electron chi connectivity index (χ3n) is 22.3. The topological polar surface area (TPSA) is 16.3 Å². The van der Waals surface area contributed by atoms with Crippen molar-refractivity contribution in [1.82, 2.24) is 9.13 Å². The largest absolute Gasteiger partial charge is 0.311 e. The van der Waals surface area contributed by atoms with Crippen LogP contribution in [0.2, 0.25) is 0 Å². The van der Waals surface area contributed by atoms with Gasteiger partial charge in [0.2, 0.25) is 0 Å². The highest BCUT2D eigenvalue weighted by Gasteiger charge is 2.45. The minimum absolute atomic E-state index is 0.0332. The Hall–Kier alpha value is -10.9. The molecule has 0 fully saturated rings. The smallest absolute Gasteiger partial charge is 0.252 e. The summed E-state index contributed by atoms with van der Waals surface area (Å²) in [6.45, 7) is 34.9. The first-order valence-electron chi connectivity index (χ1n) is 37.0. The molecule has 13 aromatic carbocycles. The van der Waals surface area contributed by atoms with Gasteiger partial charge in [-0.1, -0.05) is 274 Å². The summed E-state index contributed by atoms with van der Waals surface area (Å²) in [4.78, 5) is 5.24. The number of anilines is 6. The fourth-order valence-corrected chi connectivity index (χ4v) is 16.5. The van der Waals surface area contributed by atoms with Gasteiger partial charge in [0.05, 0.1) is 22.1 Å². The maximum atomic E-state index is 2.62. The highest BCUT2D eigenvalue weighted by Crippen LogP contribution is 2.50. The Bertz CT molecular complexity index is 5380. The van der Waals surface area contributed by atoms with Crippen LogP contribution in [0.3, 0.4) is 0 Å². The maximum Gasteiger partial charge on any atom is 0.252 e. The molecule has 5 heteroatoms. The Morgan fingerprint density at radius 1 is 0.223 bits per heavy atom. The van der Waals surface area contributed by atoms with E-state index >= 15 is 0 Å². The summed E-state index contributed by atoms with van der Waals surface area (Å²) in [5.41, 5.74) is 33.5. The van der Waals surface area contributed by atoms with Crippen molar-refractivity contribution >= 4 is 101 Å². The second-order valence-electron chi connectivity index (χ2n) is 34.3. The second-order valence-corrected chi connectivity index (χ2v) is 34.3. The van der Waals surface area contributed by atoms with E-state index < -0.39 is 0 Å². The summed E-state index contributed by atoms with van der Waals surface area (Å²) < 4.78 is 5.09. The van der Waals surface area contributed by atoms with E-state index in [1.165, 1.54) is 144 Å². The molecule has 15 aromatic rings. The Kier molecular flexibility index (Phi) is 15.2. The van der Waals surface area contributed by atoms with Crippen molar-refractivity contribution in [2.24, 2.45) is 0 Å². The van der Waals surface area contributed by atoms with Crippen molar-refractivity contribution in [1.29, 1.82) is 0 Å². The SMILES string of the molecule is CC(C)(C)c1cc2c3c(c1)N(c1ccc(-c4ccccc4-c4ccccc4)cc1)c1cc(-n4c5ccc(C(C)(C)C)cc5c5cc(C(C)(C)C)ccc54)ccc1B3c1ccc(-n3c4ccc(C(C)(C)C)cc4c4cc(C(C)(C)C)ccc43)cc1N2c1ccc(-c2ccccc2-c2ccccc2)cc1. The average Bonchev–Trinajstić information content (AvgIpc) is 0.750. The van der Waals surface area contributed by atoms with E-state index in [0.717, 1.165) is 34.1 Å². The molecule has 4 heterocycles. The molecule has 0 aliphatic carbocycles. The van der Waals surface area contributed by atoms with Crippen molar-refractivity contribution in [2.75, 3.05) is 9.80 Å². The zero-order valence-electron chi connectivity index (χ0n) is 62.4. The standard InChI is InChI=1S/C98H91BN4/c1-94(2,3)66-38-50-85-79(54-66)80-55-67(95(4,5)6)39-51-86(80)102(85)73-46-48-83-89(60-73)100(71-42-34-64(35-43-71)77-32-24-22-30-75(77)62-26-18-16-19-27-62)91-58-70(98(13,14)15)59-92-93(91)99(83)84-49-47-74(103-87-52-40-68(96(7,8)9)56-81(87)82-57-69(97(10,11)12)41-53-88(82)103)61-90(84)101(92)72-44-36-65(37-45-72)78-33-25-23-31-76(78)63-28-20-17-21-29-63/h16-61H,1-15H3. The Balaban J connectivity index is 0.943. The molecule has 0 saturated carbocycles. The van der Waals surface area contributed by atoms with Crippen LogP contribution in [0.5, 0.6) is 0 Å². The van der Waals surface area contributed by atoms with E-state index in [2.05, 4.69) is 402 Å². The van der Waals surface area contributed by atoms with E-state index in [1.54, 1.807) is 0 Å². The molecule has 506 valence electrons. The van der Waals surface area contributed by atoms with Gasteiger partial charge in [-0.05, 0) is 225 Å². The van der Waals surface area contributed by atoms with Gasteiger partial charge >= 0.3 is 0 Å². The third kappa shape index (κ3) is 11.1. The van der Waals surface area contributed by atoms with Gasteiger partial charge in [-0.2, -0.15) is 0 Å². The van der Waals surface area contributed by atoms with E-state index in [4.69, 9.17) is 0 Å². The zero-order chi connectivity index (χ0) is 71.4. The zero-order valence-corrected chi connectivity index (χ0v) is 62.4. The number of rotatable bonds is 8. The molecular weight excluding hydrogens is 1240 g/mol. The van der Waals surface area contributed by atoms with Crippen molar-refractivity contribution in [3.63, 3.8) is 0 Å². The summed E-state index contributed by atoms with van der Waals surface area (Å²) in [5, 5.41) is 5.10. The van der Waals surface area contributed by atoms with Crippen LogP contribution in [0.1, 0.15) is 132 Å². The molecule has 2 aliphatic heterocycles. The van der Waals surface area contributed by atoms with Crippen LogP contribution >= 0.6 is 0 Å². The summed E-state index contributed by atoms with van der Waals surface area (Å²) in [5.74, 6) is 0. The lowest BCUT2D eigenvalue weighted by molar-refractivity contribution is 0.590. The number of fused-ring (bicyclic) bond motifs is 10. The molecule has 0 atom stereocenters. The first-order chi connectivity index (χ1) is 49.2. The van der Waals surface area contributed by atoms with Gasteiger partial charge in [0.25, 0.3) is 6.71 Å². The van der Waals surface area contributed by atoms with Crippen LogP contribution in [-0.2, 0) is 27.1 Å². The Morgan fingerprint density at radius 3 is 0.786 bits per heavy atom. The maximum absolute atomic E-state index is 2.62. The van der Waals surface area contributed by atoms with Crippen LogP contribution in [0, 0.1) is 0 Å². The van der Waals surface area contributed by atoms with Crippen molar-refractivity contribution < 1.29 is 0 Å². The van der Waals surface area contributed by atoms with Crippen molar-refractivity contribution in [2.45, 2.75) is 131 Å². The highest BCUT2D eigenvalue weighted by atomic mass is 15.2. The first kappa shape index (κ1) is 65.4. The van der Waals surface area contributed by atoms with Crippen LogP contribution in [0.25, 0.3) is 99.5 Å². The molecule has 2 aliphatic rings. The number of hydrogen-bond donors (Lipinski definition) is 0. The minimum Gasteiger partial charge on any atom is -0.311 e. The predicted molar refractivity (Wildman–Crippen MR) is 444 cm³/mol. The molecule has 17 rings (SSSR count). The molecule has 0 saturated heterocycles. The monoisotopic (exact) mass is 1330 g/mol. The number of hydrogen-bond acceptors (Lipinski definition) is 2. The van der Waals surface area contributed by atoms with Crippen molar-refractivity contribution in [3.05, 3.63) is 307 Å². The van der Waals surface area contributed by atoms with E-state index in [-0.39, 0.29) is 33.8 Å². The lowest BCUT2D eigenvalue weighted by Gasteiger charge is -2.45. The molecule has 103 heavy (non-hydrogen) atoms. The normalized spacial score (nSPS) is 13.3. The van der Waals surface area contributed by atoms with Gasteiger partial charge in [0.1, 0.15) is 0 Å². The van der Waals surface area contributed by atoms with Gasteiger partial charge < -0.3 is 18.9 Å². The average molecular weight is 1340 g/mol. The van der Waals surface area contributed by atoms with E-state index in [0.29, 0.717) is 0 Å². The van der Waals surface area contributed by atoms with Crippen molar-refractivity contribution in [3.8, 4) is 55.9 Å². The van der Waals surface area contributed by atoms with Crippen LogP contribution < -0.4 is 26.2 Å². The van der Waals surface area contributed by atoms with E-state index in [1.807, 2.05) is 0 Å². The quantitative estimate of drug-likeness (QED) is 0.141. The molecular formula is C98H91BN4. The summed E-state index contributed by atoms with van der Waals surface area (Å²) in [6, 6.07) is 107. The number of nitrogens with zero attached hydrogens (tertiary/aromatic N) is 4. The molecule has 0 amide bonds. The third-order valence-corrected chi connectivity index (χ3v) is 22.3. The first-order valence-corrected chi connectivity index (χ1v) is 37.0. The lowest BCUT2D eigenvalue weighted by Crippen LogP contribution is -2.61. The minimum atomic E-state index is -0.250. The fraction of sp³-hybridized carbons (Fsp3) is 0.204. The van der Waals surface area contributed by atoms with Crippen LogP contribution in [0.4, 0.5) is 34.1 Å². The summed E-state index contributed by atoms with van der Waals surface area (Å²) in [7, 11) is 0.